The lowest BCUT2D eigenvalue weighted by molar-refractivity contribution is 0.0821. The van der Waals surface area contributed by atoms with Gasteiger partial charge < -0.3 is 10.2 Å². The van der Waals surface area contributed by atoms with Gasteiger partial charge in [-0.1, -0.05) is 13.8 Å². The zero-order valence-electron chi connectivity index (χ0n) is 12.8. The van der Waals surface area contributed by atoms with Gasteiger partial charge in [-0.05, 0) is 43.2 Å². The van der Waals surface area contributed by atoms with Gasteiger partial charge in [0.05, 0.1) is 0 Å². The highest BCUT2D eigenvalue weighted by Gasteiger charge is 2.25. The van der Waals surface area contributed by atoms with Crippen LogP contribution in [0.15, 0.2) is 12.1 Å². The minimum Gasteiger partial charge on any atom is -0.366 e. The fraction of sp³-hybridized carbons (Fsp3) is 0.667. The molecule has 110 valence electrons. The zero-order valence-corrected chi connectivity index (χ0v) is 12.8. The summed E-state index contributed by atoms with van der Waals surface area (Å²) in [5.74, 6) is 2.09. The number of rotatable bonds is 3. The summed E-state index contributed by atoms with van der Waals surface area (Å²) in [5.41, 5.74) is 0.380. The maximum atomic E-state index is 11.7. The van der Waals surface area contributed by atoms with Gasteiger partial charge in [-0.25, -0.2) is 0 Å². The van der Waals surface area contributed by atoms with Crippen molar-refractivity contribution < 1.29 is 4.79 Å². The number of nitrogens with one attached hydrogen (secondary N) is 1. The molecule has 1 aromatic heterocycles. The number of hydrogen-bond donors (Lipinski definition) is 1. The maximum absolute atomic E-state index is 11.7. The average Bonchev–Trinajstić information content (AvgIpc) is 2.42. The summed E-state index contributed by atoms with van der Waals surface area (Å²) < 4.78 is 0. The number of nitrogens with zero attached hydrogens (tertiary/aromatic N) is 3. The summed E-state index contributed by atoms with van der Waals surface area (Å²) in [4.78, 5) is 13.2. The van der Waals surface area contributed by atoms with E-state index in [0.717, 1.165) is 11.7 Å². The van der Waals surface area contributed by atoms with Crippen LogP contribution in [0.5, 0.6) is 0 Å². The average molecular weight is 276 g/mol. The van der Waals surface area contributed by atoms with Crippen LogP contribution in [0.3, 0.4) is 0 Å². The van der Waals surface area contributed by atoms with E-state index in [4.69, 9.17) is 0 Å². The highest BCUT2D eigenvalue weighted by molar-refractivity contribution is 5.91. The number of aromatic nitrogens is 2. The summed E-state index contributed by atoms with van der Waals surface area (Å²) in [6.45, 7) is 4.60. The quantitative estimate of drug-likeness (QED) is 0.921. The maximum Gasteiger partial charge on any atom is 0.273 e. The Bertz CT molecular complexity index is 457. The van der Waals surface area contributed by atoms with Crippen molar-refractivity contribution in [2.24, 2.45) is 11.8 Å². The first-order chi connectivity index (χ1) is 9.47. The molecule has 1 aromatic rings. The van der Waals surface area contributed by atoms with Crippen LogP contribution < -0.4 is 5.32 Å². The largest absolute Gasteiger partial charge is 0.366 e. The van der Waals surface area contributed by atoms with Crippen LogP contribution in [-0.4, -0.2) is 41.1 Å². The standard InChI is InChI=1S/C15H24N4O/c1-10-5-6-12(11(2)9-10)16-14-8-7-13(17-18-14)15(20)19(3)4/h7-8,10-12H,5-6,9H2,1-4H3,(H,16,18). The lowest BCUT2D eigenvalue weighted by atomic mass is 9.80. The molecule has 3 atom stereocenters. The number of anilines is 1. The van der Waals surface area contributed by atoms with Crippen LogP contribution in [0.4, 0.5) is 5.82 Å². The van der Waals surface area contributed by atoms with Crippen molar-refractivity contribution in [1.29, 1.82) is 0 Å². The second-order valence-corrected chi connectivity index (χ2v) is 6.15. The third-order valence-electron chi connectivity index (χ3n) is 4.05. The van der Waals surface area contributed by atoms with E-state index in [9.17, 15) is 4.79 Å². The van der Waals surface area contributed by atoms with E-state index in [2.05, 4.69) is 29.4 Å². The van der Waals surface area contributed by atoms with E-state index in [1.807, 2.05) is 6.07 Å². The van der Waals surface area contributed by atoms with Crippen molar-refractivity contribution in [2.45, 2.75) is 39.2 Å². The van der Waals surface area contributed by atoms with Gasteiger partial charge in [0.15, 0.2) is 5.69 Å². The first-order valence-corrected chi connectivity index (χ1v) is 7.29. The van der Waals surface area contributed by atoms with Crippen LogP contribution in [0, 0.1) is 11.8 Å². The molecule has 5 nitrogen and oxygen atoms in total. The van der Waals surface area contributed by atoms with Gasteiger partial charge in [0, 0.05) is 20.1 Å². The van der Waals surface area contributed by atoms with Crippen LogP contribution in [0.25, 0.3) is 0 Å². The zero-order chi connectivity index (χ0) is 14.7. The van der Waals surface area contributed by atoms with E-state index in [1.165, 1.54) is 24.2 Å². The number of amides is 1. The van der Waals surface area contributed by atoms with Crippen molar-refractivity contribution >= 4 is 11.7 Å². The first kappa shape index (κ1) is 14.8. The molecule has 2 rings (SSSR count). The molecule has 1 amide bonds. The Kier molecular flexibility index (Phi) is 4.57. The third-order valence-corrected chi connectivity index (χ3v) is 4.05. The van der Waals surface area contributed by atoms with Gasteiger partial charge in [-0.2, -0.15) is 0 Å². The minimum atomic E-state index is -0.121. The minimum absolute atomic E-state index is 0.121. The van der Waals surface area contributed by atoms with Gasteiger partial charge >= 0.3 is 0 Å². The Hall–Kier alpha value is -1.65. The Morgan fingerprint density at radius 2 is 2.00 bits per heavy atom. The second kappa shape index (κ2) is 6.20. The van der Waals surface area contributed by atoms with E-state index in [0.29, 0.717) is 17.7 Å². The molecular formula is C15H24N4O. The van der Waals surface area contributed by atoms with Crippen molar-refractivity contribution in [2.75, 3.05) is 19.4 Å². The third kappa shape index (κ3) is 3.46. The van der Waals surface area contributed by atoms with Gasteiger partial charge in [-0.3, -0.25) is 4.79 Å². The summed E-state index contributed by atoms with van der Waals surface area (Å²) in [6.07, 6.45) is 3.68. The predicted octanol–water partition coefficient (Wildman–Crippen LogP) is 2.42. The molecule has 3 unspecified atom stereocenters. The highest BCUT2D eigenvalue weighted by atomic mass is 16.2. The fourth-order valence-electron chi connectivity index (χ4n) is 2.82. The molecule has 1 aliphatic carbocycles. The Labute approximate surface area is 120 Å². The Morgan fingerprint density at radius 3 is 2.55 bits per heavy atom. The van der Waals surface area contributed by atoms with Crippen LogP contribution >= 0.6 is 0 Å². The van der Waals surface area contributed by atoms with Crippen molar-refractivity contribution in [1.82, 2.24) is 15.1 Å². The predicted molar refractivity (Wildman–Crippen MR) is 79.6 cm³/mol. The van der Waals surface area contributed by atoms with Crippen molar-refractivity contribution in [3.63, 3.8) is 0 Å². The fourth-order valence-corrected chi connectivity index (χ4v) is 2.82. The molecule has 1 aliphatic rings. The van der Waals surface area contributed by atoms with E-state index in [-0.39, 0.29) is 5.91 Å². The topological polar surface area (TPSA) is 58.1 Å². The molecule has 1 heterocycles. The molecule has 0 radical (unpaired) electrons. The van der Waals surface area contributed by atoms with Crippen molar-refractivity contribution in [3.05, 3.63) is 17.8 Å². The smallest absolute Gasteiger partial charge is 0.273 e. The Balaban J connectivity index is 1.99. The van der Waals surface area contributed by atoms with Crippen LogP contribution in [0.2, 0.25) is 0 Å². The lowest BCUT2D eigenvalue weighted by Gasteiger charge is -2.33. The summed E-state index contributed by atoms with van der Waals surface area (Å²) in [7, 11) is 3.42. The first-order valence-electron chi connectivity index (χ1n) is 7.29. The summed E-state index contributed by atoms with van der Waals surface area (Å²) in [6, 6.07) is 4.03. The summed E-state index contributed by atoms with van der Waals surface area (Å²) >= 11 is 0. The second-order valence-electron chi connectivity index (χ2n) is 6.15. The molecular weight excluding hydrogens is 252 g/mol. The Morgan fingerprint density at radius 1 is 1.25 bits per heavy atom. The normalized spacial score (nSPS) is 26.1. The molecule has 1 fully saturated rings. The van der Waals surface area contributed by atoms with Gasteiger partial charge in [0.2, 0.25) is 0 Å². The van der Waals surface area contributed by atoms with Gasteiger partial charge in [0.25, 0.3) is 5.91 Å². The molecule has 0 aliphatic heterocycles. The van der Waals surface area contributed by atoms with E-state index in [1.54, 1.807) is 20.2 Å². The van der Waals surface area contributed by atoms with Gasteiger partial charge in [0.1, 0.15) is 5.82 Å². The number of hydrogen-bond acceptors (Lipinski definition) is 4. The summed E-state index contributed by atoms with van der Waals surface area (Å²) in [5, 5.41) is 11.6. The molecule has 20 heavy (non-hydrogen) atoms. The number of carbonyl (C=O) groups is 1. The molecule has 0 bridgehead atoms. The lowest BCUT2D eigenvalue weighted by Crippen LogP contribution is -2.33. The molecule has 0 aromatic carbocycles. The van der Waals surface area contributed by atoms with Crippen LogP contribution in [-0.2, 0) is 0 Å². The highest BCUT2D eigenvalue weighted by Crippen LogP contribution is 2.30. The van der Waals surface area contributed by atoms with Gasteiger partial charge in [-0.15, -0.1) is 10.2 Å². The molecule has 0 spiro atoms. The SMILES string of the molecule is CC1CCC(Nc2ccc(C(=O)N(C)C)nn2)C(C)C1. The molecule has 1 saturated carbocycles. The van der Waals surface area contributed by atoms with Crippen molar-refractivity contribution in [3.8, 4) is 0 Å². The van der Waals surface area contributed by atoms with E-state index < -0.39 is 0 Å². The monoisotopic (exact) mass is 276 g/mol. The molecule has 0 saturated heterocycles. The number of carbonyl (C=O) groups excluding carboxylic acids is 1. The van der Waals surface area contributed by atoms with E-state index >= 15 is 0 Å². The van der Waals surface area contributed by atoms with Crippen LogP contribution in [0.1, 0.15) is 43.6 Å². The molecule has 1 N–H and O–H groups in total. The molecule has 5 heteroatoms.